The number of rotatable bonds is 4. The Bertz CT molecular complexity index is 644. The van der Waals surface area contributed by atoms with E-state index in [2.05, 4.69) is 5.43 Å². The molecule has 6 heteroatoms. The number of nitrogens with one attached hydrogen (secondary N) is 1. The second-order valence-corrected chi connectivity index (χ2v) is 5.49. The van der Waals surface area contributed by atoms with Crippen LogP contribution in [-0.4, -0.2) is 17.9 Å². The summed E-state index contributed by atoms with van der Waals surface area (Å²) in [6.07, 6.45) is 0. The van der Waals surface area contributed by atoms with Crippen molar-refractivity contribution in [2.75, 3.05) is 12.5 Å². The highest BCUT2D eigenvalue weighted by atomic mass is 35.5. The fourth-order valence-corrected chi connectivity index (χ4v) is 2.26. The first kappa shape index (κ1) is 15.6. The third-order valence-corrected chi connectivity index (χ3v) is 3.53. The van der Waals surface area contributed by atoms with Crippen LogP contribution in [0.15, 0.2) is 42.5 Å². The summed E-state index contributed by atoms with van der Waals surface area (Å²) < 4.78 is 0. The van der Waals surface area contributed by atoms with Crippen LogP contribution in [0.2, 0.25) is 10.0 Å². The van der Waals surface area contributed by atoms with Crippen LogP contribution in [0.5, 0.6) is 0 Å². The van der Waals surface area contributed by atoms with Gasteiger partial charge in [0.2, 0.25) is 0 Å². The first-order valence-electron chi connectivity index (χ1n) is 6.27. The lowest BCUT2D eigenvalue weighted by atomic mass is 10.1. The predicted molar refractivity (Wildman–Crippen MR) is 86.5 cm³/mol. The van der Waals surface area contributed by atoms with Crippen molar-refractivity contribution < 1.29 is 4.79 Å². The van der Waals surface area contributed by atoms with Crippen molar-refractivity contribution in [1.29, 1.82) is 0 Å². The van der Waals surface area contributed by atoms with E-state index in [0.29, 0.717) is 27.8 Å². The Morgan fingerprint density at radius 1 is 1.14 bits per heavy atom. The van der Waals surface area contributed by atoms with Gasteiger partial charge in [0, 0.05) is 23.6 Å². The van der Waals surface area contributed by atoms with Crippen molar-refractivity contribution in [2.24, 2.45) is 5.84 Å². The van der Waals surface area contributed by atoms with Gasteiger partial charge in [0.05, 0.1) is 11.3 Å². The predicted octanol–water partition coefficient (Wildman–Crippen LogP) is 3.55. The minimum atomic E-state index is -0.166. The molecule has 0 heterocycles. The summed E-state index contributed by atoms with van der Waals surface area (Å²) in [5, 5.41) is 1.15. The highest BCUT2D eigenvalue weighted by molar-refractivity contribution is 6.31. The van der Waals surface area contributed by atoms with Crippen LogP contribution < -0.4 is 11.3 Å². The lowest BCUT2D eigenvalue weighted by Gasteiger charge is -2.19. The van der Waals surface area contributed by atoms with Crippen molar-refractivity contribution in [3.05, 3.63) is 63.6 Å². The molecule has 110 valence electrons. The molecule has 0 aliphatic carbocycles. The molecule has 0 unspecified atom stereocenters. The van der Waals surface area contributed by atoms with Crippen LogP contribution >= 0.6 is 23.2 Å². The van der Waals surface area contributed by atoms with E-state index in [1.165, 1.54) is 0 Å². The summed E-state index contributed by atoms with van der Waals surface area (Å²) in [6.45, 7) is 0.465. The topological polar surface area (TPSA) is 58.4 Å². The molecule has 0 aliphatic heterocycles. The number of carbonyl (C=O) groups excluding carboxylic acids is 1. The molecule has 0 saturated carbocycles. The van der Waals surface area contributed by atoms with Gasteiger partial charge < -0.3 is 10.3 Å². The number of carbonyl (C=O) groups is 1. The number of hydrazine groups is 1. The van der Waals surface area contributed by atoms with Crippen LogP contribution in [0.25, 0.3) is 0 Å². The van der Waals surface area contributed by atoms with Crippen molar-refractivity contribution in [3.8, 4) is 0 Å². The molecule has 2 aromatic rings. The van der Waals surface area contributed by atoms with Gasteiger partial charge in [-0.1, -0.05) is 35.3 Å². The van der Waals surface area contributed by atoms with Gasteiger partial charge in [-0.15, -0.1) is 0 Å². The van der Waals surface area contributed by atoms with E-state index in [4.69, 9.17) is 29.0 Å². The SMILES string of the molecule is CN(Cc1ccc(Cl)cc1)C(=O)c1cc(Cl)ccc1NN. The van der Waals surface area contributed by atoms with E-state index in [9.17, 15) is 4.79 Å². The quantitative estimate of drug-likeness (QED) is 0.668. The van der Waals surface area contributed by atoms with Crippen LogP contribution in [0, 0.1) is 0 Å². The number of benzene rings is 2. The Balaban J connectivity index is 2.19. The molecule has 0 fully saturated rings. The zero-order valence-corrected chi connectivity index (χ0v) is 12.9. The van der Waals surface area contributed by atoms with Crippen molar-refractivity contribution >= 4 is 34.8 Å². The maximum atomic E-state index is 12.5. The Morgan fingerprint density at radius 2 is 1.76 bits per heavy atom. The molecule has 3 N–H and O–H groups in total. The molecule has 0 aromatic heterocycles. The van der Waals surface area contributed by atoms with Crippen molar-refractivity contribution in [2.45, 2.75) is 6.54 Å². The Kier molecular flexibility index (Phi) is 5.07. The molecular formula is C15H15Cl2N3O. The molecule has 4 nitrogen and oxygen atoms in total. The van der Waals surface area contributed by atoms with E-state index in [1.54, 1.807) is 42.3 Å². The fraction of sp³-hybridized carbons (Fsp3) is 0.133. The summed E-state index contributed by atoms with van der Waals surface area (Å²) >= 11 is 11.8. The lowest BCUT2D eigenvalue weighted by Crippen LogP contribution is -2.27. The first-order valence-corrected chi connectivity index (χ1v) is 7.03. The van der Waals surface area contributed by atoms with Gasteiger partial charge in [0.15, 0.2) is 0 Å². The van der Waals surface area contributed by atoms with Crippen molar-refractivity contribution in [3.63, 3.8) is 0 Å². The Hall–Kier alpha value is -1.75. The number of hydrogen-bond acceptors (Lipinski definition) is 3. The minimum absolute atomic E-state index is 0.166. The summed E-state index contributed by atoms with van der Waals surface area (Å²) in [5.74, 6) is 5.26. The summed E-state index contributed by atoms with van der Waals surface area (Å²) in [4.78, 5) is 14.1. The maximum absolute atomic E-state index is 12.5. The molecule has 2 rings (SSSR count). The monoisotopic (exact) mass is 323 g/mol. The van der Waals surface area contributed by atoms with Gasteiger partial charge in [0.25, 0.3) is 5.91 Å². The van der Waals surface area contributed by atoms with Crippen LogP contribution in [0.1, 0.15) is 15.9 Å². The number of nitrogens with zero attached hydrogens (tertiary/aromatic N) is 1. The minimum Gasteiger partial charge on any atom is -0.337 e. The standard InChI is InChI=1S/C15H15Cl2N3O/c1-20(9-10-2-4-11(16)5-3-10)15(21)13-8-12(17)6-7-14(13)19-18/h2-8,19H,9,18H2,1H3. The van der Waals surface area contributed by atoms with E-state index >= 15 is 0 Å². The molecule has 0 bridgehead atoms. The molecule has 0 radical (unpaired) electrons. The molecule has 0 spiro atoms. The Morgan fingerprint density at radius 3 is 2.38 bits per heavy atom. The van der Waals surface area contributed by atoms with Crippen LogP contribution in [-0.2, 0) is 6.54 Å². The smallest absolute Gasteiger partial charge is 0.256 e. The highest BCUT2D eigenvalue weighted by Gasteiger charge is 2.16. The van der Waals surface area contributed by atoms with Crippen LogP contribution in [0.3, 0.4) is 0 Å². The summed E-state index contributed by atoms with van der Waals surface area (Å²) in [5.41, 5.74) is 4.46. The van der Waals surface area contributed by atoms with Gasteiger partial charge in [-0.2, -0.15) is 0 Å². The molecule has 0 saturated heterocycles. The molecule has 1 amide bonds. The normalized spacial score (nSPS) is 10.3. The largest absolute Gasteiger partial charge is 0.337 e. The van der Waals surface area contributed by atoms with Gasteiger partial charge in [-0.25, -0.2) is 0 Å². The van der Waals surface area contributed by atoms with Gasteiger partial charge in [0.1, 0.15) is 0 Å². The zero-order chi connectivity index (χ0) is 15.4. The number of hydrogen-bond donors (Lipinski definition) is 2. The first-order chi connectivity index (χ1) is 10.0. The lowest BCUT2D eigenvalue weighted by molar-refractivity contribution is 0.0786. The zero-order valence-electron chi connectivity index (χ0n) is 11.4. The number of halogens is 2. The molecule has 2 aromatic carbocycles. The van der Waals surface area contributed by atoms with E-state index in [0.717, 1.165) is 5.56 Å². The molecule has 0 aliphatic rings. The summed E-state index contributed by atoms with van der Waals surface area (Å²) in [7, 11) is 1.72. The van der Waals surface area contributed by atoms with Gasteiger partial charge >= 0.3 is 0 Å². The third kappa shape index (κ3) is 3.88. The number of nitrogens with two attached hydrogens (primary N) is 1. The number of amides is 1. The second-order valence-electron chi connectivity index (χ2n) is 4.62. The average molecular weight is 324 g/mol. The maximum Gasteiger partial charge on any atom is 0.256 e. The Labute approximate surface area is 133 Å². The van der Waals surface area contributed by atoms with Crippen molar-refractivity contribution in [1.82, 2.24) is 4.90 Å². The molecule has 21 heavy (non-hydrogen) atoms. The van der Waals surface area contributed by atoms with E-state index < -0.39 is 0 Å². The number of nitrogen functional groups attached to an aromatic ring is 1. The van der Waals surface area contributed by atoms with E-state index in [1.807, 2.05) is 12.1 Å². The second kappa shape index (κ2) is 6.80. The third-order valence-electron chi connectivity index (χ3n) is 3.05. The summed E-state index contributed by atoms with van der Waals surface area (Å²) in [6, 6.07) is 12.3. The average Bonchev–Trinajstić information content (AvgIpc) is 2.48. The van der Waals surface area contributed by atoms with E-state index in [-0.39, 0.29) is 5.91 Å². The highest BCUT2D eigenvalue weighted by Crippen LogP contribution is 2.22. The number of anilines is 1. The fourth-order valence-electron chi connectivity index (χ4n) is 1.96. The van der Waals surface area contributed by atoms with Gasteiger partial charge in [-0.05, 0) is 35.9 Å². The van der Waals surface area contributed by atoms with Crippen LogP contribution in [0.4, 0.5) is 5.69 Å². The van der Waals surface area contributed by atoms with Gasteiger partial charge in [-0.3, -0.25) is 10.6 Å². The molecule has 0 atom stereocenters. The molecular weight excluding hydrogens is 309 g/mol.